The second-order valence-electron chi connectivity index (χ2n) is 1.90. The summed E-state index contributed by atoms with van der Waals surface area (Å²) in [6, 6.07) is 0. The van der Waals surface area contributed by atoms with Gasteiger partial charge in [0.25, 0.3) is 0 Å². The lowest BCUT2D eigenvalue weighted by Crippen LogP contribution is -1.98. The highest BCUT2D eigenvalue weighted by Crippen LogP contribution is 1.97. The third kappa shape index (κ3) is 4.28. The Morgan fingerprint density at radius 2 is 2.33 bits per heavy atom. The molecule has 0 aromatic heterocycles. The lowest BCUT2D eigenvalue weighted by atomic mass is 10.2. The van der Waals surface area contributed by atoms with Gasteiger partial charge < -0.3 is 5.21 Å². The Morgan fingerprint density at radius 3 is 2.67 bits per heavy atom. The molecule has 0 saturated heterocycles. The van der Waals surface area contributed by atoms with Crippen LogP contribution in [0, 0.1) is 0 Å². The van der Waals surface area contributed by atoms with Crippen molar-refractivity contribution in [3.63, 3.8) is 0 Å². The minimum Gasteiger partial charge on any atom is -0.411 e. The fourth-order valence-corrected chi connectivity index (χ4v) is 0.711. The second kappa shape index (κ2) is 5.89. The number of hydrogen-bond donors (Lipinski definition) is 1. The molecule has 0 radical (unpaired) electrons. The van der Waals surface area contributed by atoms with Crippen LogP contribution < -0.4 is 0 Å². The normalized spacial score (nSPS) is 12.0. The van der Waals surface area contributed by atoms with Crippen LogP contribution in [-0.2, 0) is 0 Å². The molecule has 2 nitrogen and oxygen atoms in total. The van der Waals surface area contributed by atoms with E-state index in [1.54, 1.807) is 0 Å². The Bertz CT molecular complexity index is 93.1. The molecule has 0 aromatic carbocycles. The number of nitrogens with zero attached hydrogens (tertiary/aromatic N) is 1. The predicted octanol–water partition coefficient (Wildman–Crippen LogP) is 2.25. The summed E-state index contributed by atoms with van der Waals surface area (Å²) in [5.41, 5.74) is 0.679. The van der Waals surface area contributed by atoms with E-state index in [1.165, 1.54) is 0 Å². The Kier molecular flexibility index (Phi) is 5.73. The highest BCUT2D eigenvalue weighted by molar-refractivity contribution is 6.28. The summed E-state index contributed by atoms with van der Waals surface area (Å²) in [6.45, 7) is 2.09. The molecule has 0 amide bonds. The van der Waals surface area contributed by atoms with Crippen molar-refractivity contribution in [1.29, 1.82) is 0 Å². The van der Waals surface area contributed by atoms with Crippen molar-refractivity contribution in [3.05, 3.63) is 0 Å². The SMILES string of the molecule is CCCC/C(CCl)=N\O. The highest BCUT2D eigenvalue weighted by atomic mass is 35.5. The molecule has 1 N–H and O–H groups in total. The molecular weight excluding hydrogens is 138 g/mol. The Labute approximate surface area is 60.5 Å². The van der Waals surface area contributed by atoms with E-state index in [1.807, 2.05) is 0 Å². The number of halogens is 1. The number of rotatable bonds is 4. The summed E-state index contributed by atoms with van der Waals surface area (Å²) in [5, 5.41) is 11.3. The molecular formula is C6H12ClNO. The Balaban J connectivity index is 3.33. The lowest BCUT2D eigenvalue weighted by Gasteiger charge is -1.95. The summed E-state index contributed by atoms with van der Waals surface area (Å²) in [7, 11) is 0. The molecule has 9 heavy (non-hydrogen) atoms. The maximum atomic E-state index is 8.26. The number of hydrogen-bond acceptors (Lipinski definition) is 2. The quantitative estimate of drug-likeness (QED) is 0.283. The first kappa shape index (κ1) is 8.76. The molecule has 0 saturated carbocycles. The Hall–Kier alpha value is -0.240. The van der Waals surface area contributed by atoms with Gasteiger partial charge in [-0.1, -0.05) is 18.5 Å². The van der Waals surface area contributed by atoms with E-state index in [0.29, 0.717) is 11.6 Å². The first-order valence-electron chi connectivity index (χ1n) is 3.11. The van der Waals surface area contributed by atoms with Crippen LogP contribution >= 0.6 is 11.6 Å². The number of unbranched alkanes of at least 4 members (excludes halogenated alkanes) is 1. The van der Waals surface area contributed by atoms with Crippen molar-refractivity contribution in [2.45, 2.75) is 26.2 Å². The molecule has 0 unspecified atom stereocenters. The van der Waals surface area contributed by atoms with Crippen LogP contribution in [0.3, 0.4) is 0 Å². The molecule has 0 atom stereocenters. The van der Waals surface area contributed by atoms with E-state index < -0.39 is 0 Å². The molecule has 0 aliphatic carbocycles. The average Bonchev–Trinajstić information content (AvgIpc) is 1.91. The van der Waals surface area contributed by atoms with Crippen LogP contribution in [0.4, 0.5) is 0 Å². The summed E-state index contributed by atoms with van der Waals surface area (Å²) in [5.74, 6) is 0.344. The molecule has 0 aromatic rings. The zero-order valence-electron chi connectivity index (χ0n) is 5.60. The van der Waals surface area contributed by atoms with Crippen LogP contribution in [0.5, 0.6) is 0 Å². The van der Waals surface area contributed by atoms with Gasteiger partial charge in [0.05, 0.1) is 11.6 Å². The van der Waals surface area contributed by atoms with E-state index in [4.69, 9.17) is 16.8 Å². The van der Waals surface area contributed by atoms with Gasteiger partial charge >= 0.3 is 0 Å². The molecule has 0 fully saturated rings. The average molecular weight is 150 g/mol. The first-order chi connectivity index (χ1) is 4.35. The van der Waals surface area contributed by atoms with Gasteiger partial charge in [-0.05, 0) is 12.8 Å². The van der Waals surface area contributed by atoms with Crippen molar-refractivity contribution < 1.29 is 5.21 Å². The van der Waals surface area contributed by atoms with Gasteiger partial charge in [-0.2, -0.15) is 0 Å². The zero-order chi connectivity index (χ0) is 7.11. The highest BCUT2D eigenvalue weighted by Gasteiger charge is 1.94. The van der Waals surface area contributed by atoms with E-state index in [9.17, 15) is 0 Å². The third-order valence-corrected chi connectivity index (χ3v) is 1.42. The monoisotopic (exact) mass is 149 g/mol. The molecule has 3 heteroatoms. The number of oxime groups is 1. The maximum Gasteiger partial charge on any atom is 0.0718 e. The number of alkyl halides is 1. The van der Waals surface area contributed by atoms with Crippen molar-refractivity contribution in [2.24, 2.45) is 5.16 Å². The molecule has 0 rings (SSSR count). The van der Waals surface area contributed by atoms with Crippen LogP contribution in [0.1, 0.15) is 26.2 Å². The lowest BCUT2D eigenvalue weighted by molar-refractivity contribution is 0.317. The summed E-state index contributed by atoms with van der Waals surface area (Å²) < 4.78 is 0. The van der Waals surface area contributed by atoms with Crippen LogP contribution in [-0.4, -0.2) is 16.8 Å². The van der Waals surface area contributed by atoms with E-state index in [0.717, 1.165) is 19.3 Å². The standard InChI is InChI=1S/C6H12ClNO/c1-2-3-4-6(5-7)8-9/h9H,2-5H2,1H3/b8-6+. The van der Waals surface area contributed by atoms with Crippen molar-refractivity contribution in [1.82, 2.24) is 0 Å². The van der Waals surface area contributed by atoms with Crippen LogP contribution in [0.2, 0.25) is 0 Å². The van der Waals surface area contributed by atoms with Crippen LogP contribution in [0.15, 0.2) is 5.16 Å². The van der Waals surface area contributed by atoms with E-state index in [-0.39, 0.29) is 0 Å². The molecule has 0 heterocycles. The van der Waals surface area contributed by atoms with Gasteiger partial charge in [-0.3, -0.25) is 0 Å². The molecule has 0 spiro atoms. The van der Waals surface area contributed by atoms with Gasteiger partial charge in [0.1, 0.15) is 0 Å². The van der Waals surface area contributed by atoms with Crippen molar-refractivity contribution in [2.75, 3.05) is 5.88 Å². The summed E-state index contributed by atoms with van der Waals surface area (Å²) in [4.78, 5) is 0. The summed E-state index contributed by atoms with van der Waals surface area (Å²) >= 11 is 5.41. The van der Waals surface area contributed by atoms with Gasteiger partial charge in [0.15, 0.2) is 0 Å². The second-order valence-corrected chi connectivity index (χ2v) is 2.17. The van der Waals surface area contributed by atoms with Crippen molar-refractivity contribution >= 4 is 17.3 Å². The smallest absolute Gasteiger partial charge is 0.0718 e. The fraction of sp³-hybridized carbons (Fsp3) is 0.833. The van der Waals surface area contributed by atoms with Crippen LogP contribution in [0.25, 0.3) is 0 Å². The molecule has 0 aliphatic rings. The summed E-state index contributed by atoms with van der Waals surface area (Å²) in [6.07, 6.45) is 2.97. The topological polar surface area (TPSA) is 32.6 Å². The zero-order valence-corrected chi connectivity index (χ0v) is 6.36. The van der Waals surface area contributed by atoms with Crippen molar-refractivity contribution in [3.8, 4) is 0 Å². The molecule has 0 aliphatic heterocycles. The predicted molar refractivity (Wildman–Crippen MR) is 39.5 cm³/mol. The largest absolute Gasteiger partial charge is 0.411 e. The Morgan fingerprint density at radius 1 is 1.67 bits per heavy atom. The van der Waals surface area contributed by atoms with Gasteiger partial charge in [0, 0.05) is 0 Å². The van der Waals surface area contributed by atoms with Gasteiger partial charge in [-0.15, -0.1) is 11.6 Å². The third-order valence-electron chi connectivity index (χ3n) is 1.11. The van der Waals surface area contributed by atoms with E-state index in [2.05, 4.69) is 12.1 Å². The van der Waals surface area contributed by atoms with Gasteiger partial charge in [0.2, 0.25) is 0 Å². The minimum absolute atomic E-state index is 0.344. The molecule has 54 valence electrons. The minimum atomic E-state index is 0.344. The molecule has 0 bridgehead atoms. The van der Waals surface area contributed by atoms with E-state index >= 15 is 0 Å². The first-order valence-corrected chi connectivity index (χ1v) is 3.64. The fourth-order valence-electron chi connectivity index (χ4n) is 0.524. The van der Waals surface area contributed by atoms with Gasteiger partial charge in [-0.25, -0.2) is 0 Å². The maximum absolute atomic E-state index is 8.26.